The Kier molecular flexibility index (Phi) is 5.03. The molecule has 2 rings (SSSR count). The summed E-state index contributed by atoms with van der Waals surface area (Å²) in [5.74, 6) is 2.61. The predicted octanol–water partition coefficient (Wildman–Crippen LogP) is 3.55. The van der Waals surface area contributed by atoms with Crippen LogP contribution in [0.2, 0.25) is 0 Å². The number of hydrogen-bond acceptors (Lipinski definition) is 1. The first-order chi connectivity index (χ1) is 7.83. The van der Waals surface area contributed by atoms with Crippen LogP contribution in [0.15, 0.2) is 42.5 Å². The molecule has 2 aromatic carbocycles. The molecule has 1 unspecified atom stereocenters. The zero-order valence-electron chi connectivity index (χ0n) is 9.81. The zero-order chi connectivity index (χ0) is 11.4. The van der Waals surface area contributed by atoms with Crippen LogP contribution in [0.1, 0.15) is 18.5 Å². The second-order valence-corrected chi connectivity index (χ2v) is 3.88. The van der Waals surface area contributed by atoms with Crippen LogP contribution in [0.4, 0.5) is 0 Å². The molecule has 1 nitrogen and oxygen atoms in total. The molecule has 1 N–H and O–H groups in total. The fourth-order valence-electron chi connectivity index (χ4n) is 1.95. The van der Waals surface area contributed by atoms with Gasteiger partial charge in [0.05, 0.1) is 6.54 Å². The molecule has 2 heteroatoms. The number of terminal acetylenes is 1. The van der Waals surface area contributed by atoms with Gasteiger partial charge in [-0.15, -0.1) is 18.8 Å². The molecule has 88 valence electrons. The average Bonchev–Trinajstić information content (AvgIpc) is 2.35. The van der Waals surface area contributed by atoms with E-state index in [4.69, 9.17) is 6.42 Å². The molecule has 0 aliphatic heterocycles. The molecule has 0 aliphatic carbocycles. The first kappa shape index (κ1) is 13.6. The third kappa shape index (κ3) is 3.00. The number of hydrogen-bond donors (Lipinski definition) is 1. The summed E-state index contributed by atoms with van der Waals surface area (Å²) >= 11 is 0. The quantitative estimate of drug-likeness (QED) is 0.816. The van der Waals surface area contributed by atoms with Gasteiger partial charge in [-0.3, -0.25) is 5.32 Å². The van der Waals surface area contributed by atoms with E-state index in [9.17, 15) is 0 Å². The Morgan fingerprint density at radius 1 is 1.18 bits per heavy atom. The van der Waals surface area contributed by atoms with Crippen LogP contribution in [-0.2, 0) is 0 Å². The van der Waals surface area contributed by atoms with Gasteiger partial charge < -0.3 is 0 Å². The molecule has 0 spiro atoms. The molecule has 0 aliphatic rings. The van der Waals surface area contributed by atoms with Crippen molar-refractivity contribution in [3.8, 4) is 12.3 Å². The summed E-state index contributed by atoms with van der Waals surface area (Å²) in [5.41, 5.74) is 1.30. The number of nitrogens with one attached hydrogen (secondary N) is 1. The summed E-state index contributed by atoms with van der Waals surface area (Å²) in [4.78, 5) is 0. The molecule has 0 bridgehead atoms. The van der Waals surface area contributed by atoms with Crippen molar-refractivity contribution in [2.24, 2.45) is 0 Å². The van der Waals surface area contributed by atoms with Gasteiger partial charge in [-0.2, -0.15) is 0 Å². The lowest BCUT2D eigenvalue weighted by atomic mass is 10.00. The van der Waals surface area contributed by atoms with Gasteiger partial charge in [0, 0.05) is 6.04 Å². The van der Waals surface area contributed by atoms with E-state index in [1.165, 1.54) is 16.3 Å². The van der Waals surface area contributed by atoms with Crippen molar-refractivity contribution in [2.75, 3.05) is 6.54 Å². The fourth-order valence-corrected chi connectivity index (χ4v) is 1.95. The standard InChI is InChI=1S/C15H15N.ClH/c1-3-11-16-12(2)14-10-6-8-13-7-4-5-9-15(13)14;/h1,4-10,12,16H,11H2,2H3;1H. The van der Waals surface area contributed by atoms with E-state index in [2.05, 4.69) is 60.6 Å². The molecule has 2 aromatic rings. The van der Waals surface area contributed by atoms with Crippen LogP contribution in [0.3, 0.4) is 0 Å². The largest absolute Gasteiger partial charge is 0.300 e. The van der Waals surface area contributed by atoms with Gasteiger partial charge in [0.15, 0.2) is 0 Å². The smallest absolute Gasteiger partial charge is 0.0578 e. The van der Waals surface area contributed by atoms with Crippen molar-refractivity contribution >= 4 is 23.2 Å². The fraction of sp³-hybridized carbons (Fsp3) is 0.200. The predicted molar refractivity (Wildman–Crippen MR) is 76.4 cm³/mol. The van der Waals surface area contributed by atoms with E-state index in [0.717, 1.165) is 0 Å². The molecular formula is C15H16ClN. The van der Waals surface area contributed by atoms with Gasteiger partial charge in [-0.1, -0.05) is 48.4 Å². The average molecular weight is 246 g/mol. The van der Waals surface area contributed by atoms with Crippen LogP contribution >= 0.6 is 12.4 Å². The normalized spacial score (nSPS) is 11.5. The Balaban J connectivity index is 0.00000144. The Labute approximate surface area is 109 Å². The highest BCUT2D eigenvalue weighted by atomic mass is 35.5. The lowest BCUT2D eigenvalue weighted by Crippen LogP contribution is -2.18. The summed E-state index contributed by atoms with van der Waals surface area (Å²) in [6.45, 7) is 2.74. The van der Waals surface area contributed by atoms with Gasteiger partial charge in [-0.05, 0) is 23.3 Å². The highest BCUT2D eigenvalue weighted by Crippen LogP contribution is 2.23. The second kappa shape index (κ2) is 6.30. The van der Waals surface area contributed by atoms with Gasteiger partial charge in [0.25, 0.3) is 0 Å². The molecular weight excluding hydrogens is 230 g/mol. The maximum atomic E-state index is 5.26. The maximum Gasteiger partial charge on any atom is 0.0578 e. The molecule has 0 radical (unpaired) electrons. The van der Waals surface area contributed by atoms with Crippen LogP contribution in [0.25, 0.3) is 10.8 Å². The summed E-state index contributed by atoms with van der Waals surface area (Å²) in [5, 5.41) is 5.87. The number of benzene rings is 2. The van der Waals surface area contributed by atoms with Gasteiger partial charge in [0.1, 0.15) is 0 Å². The molecule has 0 heterocycles. The van der Waals surface area contributed by atoms with Crippen LogP contribution in [-0.4, -0.2) is 6.54 Å². The van der Waals surface area contributed by atoms with E-state index in [1.54, 1.807) is 0 Å². The minimum Gasteiger partial charge on any atom is -0.300 e. The van der Waals surface area contributed by atoms with Crippen molar-refractivity contribution in [3.63, 3.8) is 0 Å². The number of halogens is 1. The van der Waals surface area contributed by atoms with Gasteiger partial charge in [-0.25, -0.2) is 0 Å². The van der Waals surface area contributed by atoms with Gasteiger partial charge >= 0.3 is 0 Å². The molecule has 0 saturated heterocycles. The summed E-state index contributed by atoms with van der Waals surface area (Å²) in [7, 11) is 0. The molecule has 17 heavy (non-hydrogen) atoms. The lowest BCUT2D eigenvalue weighted by molar-refractivity contribution is 0.627. The molecule has 1 atom stereocenters. The zero-order valence-corrected chi connectivity index (χ0v) is 10.6. The molecule has 0 amide bonds. The van der Waals surface area contributed by atoms with Crippen molar-refractivity contribution in [1.82, 2.24) is 5.32 Å². The van der Waals surface area contributed by atoms with Crippen molar-refractivity contribution in [3.05, 3.63) is 48.0 Å². The first-order valence-corrected chi connectivity index (χ1v) is 5.47. The lowest BCUT2D eigenvalue weighted by Gasteiger charge is -2.14. The highest BCUT2D eigenvalue weighted by molar-refractivity contribution is 5.86. The van der Waals surface area contributed by atoms with E-state index in [-0.39, 0.29) is 18.4 Å². The monoisotopic (exact) mass is 245 g/mol. The highest BCUT2D eigenvalue weighted by Gasteiger charge is 2.07. The Morgan fingerprint density at radius 2 is 1.88 bits per heavy atom. The van der Waals surface area contributed by atoms with Crippen molar-refractivity contribution in [1.29, 1.82) is 0 Å². The van der Waals surface area contributed by atoms with Gasteiger partial charge in [0.2, 0.25) is 0 Å². The first-order valence-electron chi connectivity index (χ1n) is 5.47. The molecule has 0 fully saturated rings. The second-order valence-electron chi connectivity index (χ2n) is 3.88. The number of fused-ring (bicyclic) bond motifs is 1. The SMILES string of the molecule is C#CCNC(C)c1cccc2ccccc12.Cl. The third-order valence-electron chi connectivity index (χ3n) is 2.80. The van der Waals surface area contributed by atoms with Crippen LogP contribution in [0.5, 0.6) is 0 Å². The van der Waals surface area contributed by atoms with E-state index in [1.807, 2.05) is 0 Å². The van der Waals surface area contributed by atoms with Crippen LogP contribution in [0, 0.1) is 12.3 Å². The molecule has 0 saturated carbocycles. The van der Waals surface area contributed by atoms with Crippen molar-refractivity contribution < 1.29 is 0 Å². The topological polar surface area (TPSA) is 12.0 Å². The maximum absolute atomic E-state index is 5.26. The molecule has 0 aromatic heterocycles. The van der Waals surface area contributed by atoms with Crippen molar-refractivity contribution in [2.45, 2.75) is 13.0 Å². The van der Waals surface area contributed by atoms with E-state index >= 15 is 0 Å². The van der Waals surface area contributed by atoms with Crippen LogP contribution < -0.4 is 5.32 Å². The summed E-state index contributed by atoms with van der Waals surface area (Å²) in [6, 6.07) is 15.1. The van der Waals surface area contributed by atoms with E-state index < -0.39 is 0 Å². The third-order valence-corrected chi connectivity index (χ3v) is 2.80. The number of rotatable bonds is 3. The minimum absolute atomic E-state index is 0. The summed E-state index contributed by atoms with van der Waals surface area (Å²) < 4.78 is 0. The Morgan fingerprint density at radius 3 is 2.65 bits per heavy atom. The Bertz CT molecular complexity index is 522. The Hall–Kier alpha value is -1.49. The minimum atomic E-state index is 0. The van der Waals surface area contributed by atoms with E-state index in [0.29, 0.717) is 6.54 Å². The summed E-state index contributed by atoms with van der Waals surface area (Å²) in [6.07, 6.45) is 5.26.